The third-order valence-corrected chi connectivity index (χ3v) is 0.892. The number of ether oxygens (including phenoxy) is 2. The Kier molecular flexibility index (Phi) is 5.64. The molecule has 5 heteroatoms. The first-order valence-corrected chi connectivity index (χ1v) is 3.24. The van der Waals surface area contributed by atoms with Gasteiger partial charge in [0, 0.05) is 12.2 Å². The molecule has 12 heavy (non-hydrogen) atoms. The van der Waals surface area contributed by atoms with Gasteiger partial charge in [-0.05, 0) is 0 Å². The number of carbonyl (C=O) groups is 2. The van der Waals surface area contributed by atoms with E-state index in [1.165, 1.54) is 7.11 Å². The van der Waals surface area contributed by atoms with Gasteiger partial charge in [0.15, 0.2) is 0 Å². The zero-order valence-electron chi connectivity index (χ0n) is 6.65. The van der Waals surface area contributed by atoms with Gasteiger partial charge >= 0.3 is 11.9 Å². The van der Waals surface area contributed by atoms with Crippen LogP contribution in [-0.2, 0) is 19.1 Å². The summed E-state index contributed by atoms with van der Waals surface area (Å²) in [5, 5.41) is 8.25. The summed E-state index contributed by atoms with van der Waals surface area (Å²) in [7, 11) is 1.20. The first kappa shape index (κ1) is 10.6. The SMILES string of the molecule is COC(=O)/C=C\C(=O)OCCO. The van der Waals surface area contributed by atoms with Gasteiger partial charge in [-0.25, -0.2) is 9.59 Å². The smallest absolute Gasteiger partial charge is 0.331 e. The minimum atomic E-state index is -0.686. The quantitative estimate of drug-likeness (QED) is 0.448. The lowest BCUT2D eigenvalue weighted by Crippen LogP contribution is -2.06. The standard InChI is InChI=1S/C7H10O5/c1-11-6(9)2-3-7(10)12-5-4-8/h2-3,8H,4-5H2,1H3/b3-2-. The van der Waals surface area contributed by atoms with E-state index in [2.05, 4.69) is 9.47 Å². The molecule has 0 rings (SSSR count). The summed E-state index contributed by atoms with van der Waals surface area (Å²) in [6, 6.07) is 0. The monoisotopic (exact) mass is 174 g/mol. The molecule has 0 radical (unpaired) electrons. The molecule has 0 aliphatic rings. The Bertz CT molecular complexity index is 184. The second-order valence-corrected chi connectivity index (χ2v) is 1.75. The van der Waals surface area contributed by atoms with Crippen molar-refractivity contribution in [2.75, 3.05) is 20.3 Å². The van der Waals surface area contributed by atoms with Gasteiger partial charge < -0.3 is 14.6 Å². The average molecular weight is 174 g/mol. The predicted molar refractivity (Wildman–Crippen MR) is 39.2 cm³/mol. The zero-order valence-corrected chi connectivity index (χ0v) is 6.65. The molecular weight excluding hydrogens is 164 g/mol. The van der Waals surface area contributed by atoms with Crippen molar-refractivity contribution in [3.63, 3.8) is 0 Å². The zero-order chi connectivity index (χ0) is 9.40. The normalized spacial score (nSPS) is 9.83. The highest BCUT2D eigenvalue weighted by molar-refractivity contribution is 5.91. The van der Waals surface area contributed by atoms with Gasteiger partial charge in [-0.15, -0.1) is 0 Å². The molecule has 0 heterocycles. The minimum Gasteiger partial charge on any atom is -0.466 e. The van der Waals surface area contributed by atoms with E-state index in [1.807, 2.05) is 0 Å². The van der Waals surface area contributed by atoms with E-state index in [0.717, 1.165) is 12.2 Å². The molecule has 0 aromatic heterocycles. The average Bonchev–Trinajstić information content (AvgIpc) is 2.10. The summed E-state index contributed by atoms with van der Waals surface area (Å²) in [5.74, 6) is -1.31. The second kappa shape index (κ2) is 6.36. The van der Waals surface area contributed by atoms with Gasteiger partial charge in [-0.1, -0.05) is 0 Å². The van der Waals surface area contributed by atoms with Crippen LogP contribution in [0.25, 0.3) is 0 Å². The van der Waals surface area contributed by atoms with E-state index < -0.39 is 11.9 Å². The molecule has 0 saturated heterocycles. The lowest BCUT2D eigenvalue weighted by molar-refractivity contribution is -0.140. The number of aliphatic hydroxyl groups is 1. The van der Waals surface area contributed by atoms with Crippen molar-refractivity contribution in [1.82, 2.24) is 0 Å². The van der Waals surface area contributed by atoms with Crippen LogP contribution in [0.4, 0.5) is 0 Å². The summed E-state index contributed by atoms with van der Waals surface area (Å²) in [6.45, 7) is -0.317. The van der Waals surface area contributed by atoms with Crippen LogP contribution in [0.2, 0.25) is 0 Å². The highest BCUT2D eigenvalue weighted by Gasteiger charge is 1.97. The highest BCUT2D eigenvalue weighted by Crippen LogP contribution is 1.83. The van der Waals surface area contributed by atoms with E-state index in [-0.39, 0.29) is 13.2 Å². The fourth-order valence-corrected chi connectivity index (χ4v) is 0.398. The van der Waals surface area contributed by atoms with Gasteiger partial charge in [0.2, 0.25) is 0 Å². The lowest BCUT2D eigenvalue weighted by Gasteiger charge is -1.96. The summed E-state index contributed by atoms with van der Waals surface area (Å²) in [5.41, 5.74) is 0. The fraction of sp³-hybridized carbons (Fsp3) is 0.429. The Morgan fingerprint density at radius 3 is 2.42 bits per heavy atom. The van der Waals surface area contributed by atoms with Crippen LogP contribution in [0.15, 0.2) is 12.2 Å². The van der Waals surface area contributed by atoms with Crippen LogP contribution < -0.4 is 0 Å². The number of esters is 2. The van der Waals surface area contributed by atoms with Gasteiger partial charge in [-0.3, -0.25) is 0 Å². The van der Waals surface area contributed by atoms with Crippen molar-refractivity contribution in [2.24, 2.45) is 0 Å². The predicted octanol–water partition coefficient (Wildman–Crippen LogP) is -0.749. The van der Waals surface area contributed by atoms with Crippen LogP contribution in [0.5, 0.6) is 0 Å². The molecule has 0 unspecified atom stereocenters. The number of hydrogen-bond acceptors (Lipinski definition) is 5. The van der Waals surface area contributed by atoms with Crippen LogP contribution in [0, 0.1) is 0 Å². The molecule has 0 amide bonds. The third kappa shape index (κ3) is 5.43. The first-order valence-electron chi connectivity index (χ1n) is 3.24. The summed E-state index contributed by atoms with van der Waals surface area (Å²) >= 11 is 0. The number of aliphatic hydroxyl groups excluding tert-OH is 1. The van der Waals surface area contributed by atoms with Crippen molar-refractivity contribution >= 4 is 11.9 Å². The number of hydrogen-bond donors (Lipinski definition) is 1. The van der Waals surface area contributed by atoms with Crippen molar-refractivity contribution in [2.45, 2.75) is 0 Å². The highest BCUT2D eigenvalue weighted by atomic mass is 16.5. The van der Waals surface area contributed by atoms with Crippen LogP contribution in [0.3, 0.4) is 0 Å². The van der Waals surface area contributed by atoms with Gasteiger partial charge in [0.05, 0.1) is 13.7 Å². The lowest BCUT2D eigenvalue weighted by atomic mass is 10.5. The molecule has 0 aromatic carbocycles. The minimum absolute atomic E-state index is 0.0790. The van der Waals surface area contributed by atoms with E-state index in [0.29, 0.717) is 0 Å². The van der Waals surface area contributed by atoms with Crippen molar-refractivity contribution in [1.29, 1.82) is 0 Å². The number of rotatable bonds is 4. The number of methoxy groups -OCH3 is 1. The maximum Gasteiger partial charge on any atom is 0.331 e. The van der Waals surface area contributed by atoms with Gasteiger partial charge in [0.25, 0.3) is 0 Å². The van der Waals surface area contributed by atoms with Crippen LogP contribution in [-0.4, -0.2) is 37.4 Å². The molecule has 5 nitrogen and oxygen atoms in total. The Labute approximate surface area is 69.6 Å². The molecular formula is C7H10O5. The fourth-order valence-electron chi connectivity index (χ4n) is 0.398. The largest absolute Gasteiger partial charge is 0.466 e. The molecule has 0 atom stereocenters. The summed E-state index contributed by atoms with van der Waals surface area (Å²) in [4.78, 5) is 21.0. The molecule has 0 aliphatic carbocycles. The molecule has 0 saturated carbocycles. The summed E-state index contributed by atoms with van der Waals surface area (Å²) in [6.07, 6.45) is 1.88. The topological polar surface area (TPSA) is 72.8 Å². The molecule has 0 aliphatic heterocycles. The van der Waals surface area contributed by atoms with E-state index in [1.54, 1.807) is 0 Å². The van der Waals surface area contributed by atoms with Crippen molar-refractivity contribution in [3.05, 3.63) is 12.2 Å². The molecule has 68 valence electrons. The molecule has 0 spiro atoms. The van der Waals surface area contributed by atoms with Gasteiger partial charge in [-0.2, -0.15) is 0 Å². The Balaban J connectivity index is 3.67. The molecule has 0 aromatic rings. The van der Waals surface area contributed by atoms with Crippen LogP contribution in [0.1, 0.15) is 0 Å². The van der Waals surface area contributed by atoms with E-state index in [9.17, 15) is 9.59 Å². The first-order chi connectivity index (χ1) is 5.70. The molecule has 1 N–H and O–H groups in total. The molecule has 0 fully saturated rings. The Hall–Kier alpha value is -1.36. The van der Waals surface area contributed by atoms with Crippen LogP contribution >= 0.6 is 0 Å². The second-order valence-electron chi connectivity index (χ2n) is 1.75. The third-order valence-electron chi connectivity index (χ3n) is 0.892. The van der Waals surface area contributed by atoms with E-state index in [4.69, 9.17) is 5.11 Å². The Morgan fingerprint density at radius 1 is 1.33 bits per heavy atom. The maximum absolute atomic E-state index is 10.6. The maximum atomic E-state index is 10.6. The molecule has 0 bridgehead atoms. The number of carbonyl (C=O) groups excluding carboxylic acids is 2. The Morgan fingerprint density at radius 2 is 1.92 bits per heavy atom. The van der Waals surface area contributed by atoms with Crippen molar-refractivity contribution < 1.29 is 24.2 Å². The van der Waals surface area contributed by atoms with E-state index >= 15 is 0 Å². The van der Waals surface area contributed by atoms with Crippen molar-refractivity contribution in [3.8, 4) is 0 Å². The van der Waals surface area contributed by atoms with Gasteiger partial charge in [0.1, 0.15) is 6.61 Å². The summed E-state index contributed by atoms with van der Waals surface area (Å²) < 4.78 is 8.62.